The van der Waals surface area contributed by atoms with E-state index >= 15 is 0 Å². The number of hydrogen-bond acceptors (Lipinski definition) is 1. The Labute approximate surface area is 120 Å². The largest absolute Gasteiger partial charge is 0.375 e. The van der Waals surface area contributed by atoms with Gasteiger partial charge in [-0.15, -0.1) is 0 Å². The molecule has 0 unspecified atom stereocenters. The van der Waals surface area contributed by atoms with Crippen molar-refractivity contribution in [3.63, 3.8) is 0 Å². The smallest absolute Gasteiger partial charge is 0.0177 e. The number of hydrogen-bond donors (Lipinski definition) is 0. The lowest BCUT2D eigenvalue weighted by atomic mass is 9.88. The summed E-state index contributed by atoms with van der Waals surface area (Å²) < 4.78 is 0. The van der Waals surface area contributed by atoms with Crippen LogP contribution < -0.4 is 0 Å². The summed E-state index contributed by atoms with van der Waals surface area (Å²) in [5, 5.41) is 0. The highest BCUT2D eigenvalue weighted by atomic mass is 15.1. The molecule has 0 N–H and O–H groups in total. The summed E-state index contributed by atoms with van der Waals surface area (Å²) in [6, 6.07) is 0. The predicted octanol–water partition coefficient (Wildman–Crippen LogP) is 5.25. The van der Waals surface area contributed by atoms with Crippen molar-refractivity contribution in [1.82, 2.24) is 4.90 Å². The van der Waals surface area contributed by atoms with Crippen molar-refractivity contribution in [2.24, 2.45) is 17.8 Å². The second-order valence-electron chi connectivity index (χ2n) is 6.93. The molecule has 0 spiro atoms. The van der Waals surface area contributed by atoms with Crippen LogP contribution in [0.1, 0.15) is 60.8 Å². The molecule has 1 aliphatic rings. The standard InChI is InChI=1S/C18H33N/c1-14(2)13-18-9-11-19(12-10-18)17(6)8-7-16(5)15(3)4/h7-8,14-15,18H,9-13H2,1-6H3/b16-7+,17-8+. The topological polar surface area (TPSA) is 3.24 Å². The average molecular weight is 263 g/mol. The van der Waals surface area contributed by atoms with Crippen molar-refractivity contribution >= 4 is 0 Å². The number of allylic oxidation sites excluding steroid dienone is 4. The Kier molecular flexibility index (Phi) is 6.68. The minimum atomic E-state index is 0.654. The van der Waals surface area contributed by atoms with Crippen molar-refractivity contribution in [2.45, 2.75) is 60.8 Å². The molecule has 1 saturated heterocycles. The van der Waals surface area contributed by atoms with Crippen molar-refractivity contribution < 1.29 is 0 Å². The second kappa shape index (κ2) is 7.77. The Morgan fingerprint density at radius 1 is 1.05 bits per heavy atom. The van der Waals surface area contributed by atoms with E-state index in [0.717, 1.165) is 11.8 Å². The molecule has 1 nitrogen and oxygen atoms in total. The molecule has 0 atom stereocenters. The maximum absolute atomic E-state index is 2.56. The fourth-order valence-corrected chi connectivity index (χ4v) is 2.74. The minimum Gasteiger partial charge on any atom is -0.375 e. The van der Waals surface area contributed by atoms with Gasteiger partial charge in [-0.2, -0.15) is 0 Å². The molecule has 0 aromatic heterocycles. The van der Waals surface area contributed by atoms with Crippen LogP contribution in [0.4, 0.5) is 0 Å². The van der Waals surface area contributed by atoms with Crippen LogP contribution in [0.25, 0.3) is 0 Å². The number of rotatable bonds is 5. The zero-order chi connectivity index (χ0) is 14.4. The van der Waals surface area contributed by atoms with E-state index in [1.54, 1.807) is 0 Å². The third kappa shape index (κ3) is 5.84. The predicted molar refractivity (Wildman–Crippen MR) is 86.1 cm³/mol. The van der Waals surface area contributed by atoms with Gasteiger partial charge in [-0.05, 0) is 56.9 Å². The van der Waals surface area contributed by atoms with Gasteiger partial charge in [-0.25, -0.2) is 0 Å². The SMILES string of the molecule is C/C(=C\C=C(/C)N1CCC(CC(C)C)CC1)C(C)C. The van der Waals surface area contributed by atoms with Gasteiger partial charge in [0.1, 0.15) is 0 Å². The van der Waals surface area contributed by atoms with E-state index in [1.807, 2.05) is 0 Å². The average Bonchev–Trinajstić information content (AvgIpc) is 2.35. The second-order valence-corrected chi connectivity index (χ2v) is 6.93. The molecule has 0 aromatic rings. The van der Waals surface area contributed by atoms with Gasteiger partial charge in [0.15, 0.2) is 0 Å². The fourth-order valence-electron chi connectivity index (χ4n) is 2.74. The highest BCUT2D eigenvalue weighted by molar-refractivity contribution is 5.16. The molecular weight excluding hydrogens is 230 g/mol. The molecule has 0 amide bonds. The van der Waals surface area contributed by atoms with Gasteiger partial charge in [-0.3, -0.25) is 0 Å². The van der Waals surface area contributed by atoms with Gasteiger partial charge in [0.2, 0.25) is 0 Å². The van der Waals surface area contributed by atoms with E-state index in [0.29, 0.717) is 5.92 Å². The van der Waals surface area contributed by atoms with Gasteiger partial charge in [-0.1, -0.05) is 39.3 Å². The van der Waals surface area contributed by atoms with Gasteiger partial charge in [0.05, 0.1) is 0 Å². The first kappa shape index (κ1) is 16.3. The van der Waals surface area contributed by atoms with Gasteiger partial charge < -0.3 is 4.90 Å². The molecule has 1 heterocycles. The van der Waals surface area contributed by atoms with Crippen LogP contribution in [0, 0.1) is 17.8 Å². The summed E-state index contributed by atoms with van der Waals surface area (Å²) in [6.07, 6.45) is 8.74. The summed E-state index contributed by atoms with van der Waals surface area (Å²) in [5.74, 6) is 2.46. The van der Waals surface area contributed by atoms with Crippen LogP contribution in [0.3, 0.4) is 0 Å². The van der Waals surface area contributed by atoms with Crippen LogP contribution in [0.5, 0.6) is 0 Å². The molecule has 0 saturated carbocycles. The summed E-state index contributed by atoms with van der Waals surface area (Å²) in [7, 11) is 0. The quantitative estimate of drug-likeness (QED) is 0.612. The summed E-state index contributed by atoms with van der Waals surface area (Å²) in [4.78, 5) is 2.56. The van der Waals surface area contributed by atoms with Crippen LogP contribution >= 0.6 is 0 Å². The fraction of sp³-hybridized carbons (Fsp3) is 0.778. The summed E-state index contributed by atoms with van der Waals surface area (Å²) >= 11 is 0. The zero-order valence-corrected chi connectivity index (χ0v) is 13.9. The Morgan fingerprint density at radius 3 is 2.11 bits per heavy atom. The summed E-state index contributed by atoms with van der Waals surface area (Å²) in [5.41, 5.74) is 2.90. The normalized spacial score (nSPS) is 19.7. The van der Waals surface area contributed by atoms with Crippen molar-refractivity contribution in [2.75, 3.05) is 13.1 Å². The maximum Gasteiger partial charge on any atom is 0.0177 e. The first-order valence-corrected chi connectivity index (χ1v) is 8.00. The van der Waals surface area contributed by atoms with Gasteiger partial charge >= 0.3 is 0 Å². The Hall–Kier alpha value is -0.720. The van der Waals surface area contributed by atoms with E-state index in [-0.39, 0.29) is 0 Å². The summed E-state index contributed by atoms with van der Waals surface area (Å²) in [6.45, 7) is 16.2. The lowest BCUT2D eigenvalue weighted by molar-refractivity contribution is 0.207. The lowest BCUT2D eigenvalue weighted by Crippen LogP contribution is -2.32. The van der Waals surface area contributed by atoms with Crippen LogP contribution in [-0.4, -0.2) is 18.0 Å². The number of piperidine rings is 1. The molecule has 1 heteroatoms. The monoisotopic (exact) mass is 263 g/mol. The van der Waals surface area contributed by atoms with Crippen LogP contribution in [0.15, 0.2) is 23.4 Å². The third-order valence-electron chi connectivity index (χ3n) is 4.42. The third-order valence-corrected chi connectivity index (χ3v) is 4.42. The van der Waals surface area contributed by atoms with Gasteiger partial charge in [0, 0.05) is 18.8 Å². The molecule has 0 radical (unpaired) electrons. The maximum atomic E-state index is 2.56. The molecule has 19 heavy (non-hydrogen) atoms. The minimum absolute atomic E-state index is 0.654. The lowest BCUT2D eigenvalue weighted by Gasteiger charge is -2.34. The van der Waals surface area contributed by atoms with Crippen molar-refractivity contribution in [1.29, 1.82) is 0 Å². The van der Waals surface area contributed by atoms with E-state index in [2.05, 4.69) is 58.6 Å². The van der Waals surface area contributed by atoms with Crippen LogP contribution in [-0.2, 0) is 0 Å². The number of nitrogens with zero attached hydrogens (tertiary/aromatic N) is 1. The van der Waals surface area contributed by atoms with Crippen LogP contribution in [0.2, 0.25) is 0 Å². The Bertz CT molecular complexity index is 315. The number of likely N-dealkylation sites (tertiary alicyclic amines) is 1. The highest BCUT2D eigenvalue weighted by Crippen LogP contribution is 2.25. The first-order valence-electron chi connectivity index (χ1n) is 8.00. The van der Waals surface area contributed by atoms with Gasteiger partial charge in [0.25, 0.3) is 0 Å². The highest BCUT2D eigenvalue weighted by Gasteiger charge is 2.19. The molecule has 1 rings (SSSR count). The van der Waals surface area contributed by atoms with Crippen molar-refractivity contribution in [3.8, 4) is 0 Å². The van der Waals surface area contributed by atoms with E-state index in [1.165, 1.54) is 43.6 Å². The van der Waals surface area contributed by atoms with E-state index in [9.17, 15) is 0 Å². The molecule has 0 aliphatic carbocycles. The first-order chi connectivity index (χ1) is 8.90. The molecule has 110 valence electrons. The Balaban J connectivity index is 2.46. The van der Waals surface area contributed by atoms with Crippen molar-refractivity contribution in [3.05, 3.63) is 23.4 Å². The molecule has 0 bridgehead atoms. The molecular formula is C18H33N. The molecule has 1 aliphatic heterocycles. The molecule has 1 fully saturated rings. The van der Waals surface area contributed by atoms with E-state index in [4.69, 9.17) is 0 Å². The molecule has 0 aromatic carbocycles. The van der Waals surface area contributed by atoms with E-state index < -0.39 is 0 Å². The Morgan fingerprint density at radius 2 is 1.63 bits per heavy atom. The zero-order valence-electron chi connectivity index (χ0n) is 13.9.